The zero-order chi connectivity index (χ0) is 14.2. The molecule has 2 aromatic rings. The average molecular weight is 332 g/mol. The lowest BCUT2D eigenvalue weighted by Gasteiger charge is -2.16. The number of ether oxygens (including phenoxy) is 1. The molecule has 3 heteroatoms. The van der Waals surface area contributed by atoms with Crippen LogP contribution in [-0.2, 0) is 12.1 Å². The van der Waals surface area contributed by atoms with Gasteiger partial charge in [-0.3, -0.25) is 0 Å². The molecule has 1 aliphatic carbocycles. The quantitative estimate of drug-likeness (QED) is 0.907. The summed E-state index contributed by atoms with van der Waals surface area (Å²) in [6, 6.07) is 14.4. The Hall–Kier alpha value is -1.32. The molecule has 0 spiro atoms. The molecule has 2 N–H and O–H groups in total. The van der Waals surface area contributed by atoms with E-state index in [1.54, 1.807) is 0 Å². The van der Waals surface area contributed by atoms with Crippen LogP contribution in [0.3, 0.4) is 0 Å². The van der Waals surface area contributed by atoms with Crippen molar-refractivity contribution in [2.75, 3.05) is 0 Å². The molecule has 0 bridgehead atoms. The van der Waals surface area contributed by atoms with Crippen LogP contribution in [-0.4, -0.2) is 0 Å². The third kappa shape index (κ3) is 2.74. The molecule has 0 atom stereocenters. The van der Waals surface area contributed by atoms with E-state index >= 15 is 0 Å². The monoisotopic (exact) mass is 331 g/mol. The Morgan fingerprint density at radius 1 is 1.20 bits per heavy atom. The van der Waals surface area contributed by atoms with Crippen LogP contribution in [0.15, 0.2) is 46.9 Å². The third-order valence-corrected chi connectivity index (χ3v) is 4.41. The molecule has 20 heavy (non-hydrogen) atoms. The van der Waals surface area contributed by atoms with Crippen molar-refractivity contribution < 1.29 is 4.74 Å². The molecular weight excluding hydrogens is 314 g/mol. The summed E-state index contributed by atoms with van der Waals surface area (Å²) in [6.45, 7) is 2.65. The largest absolute Gasteiger partial charge is 0.487 e. The van der Waals surface area contributed by atoms with Gasteiger partial charge in [-0.15, -0.1) is 0 Å². The molecule has 0 saturated heterocycles. The van der Waals surface area contributed by atoms with Crippen molar-refractivity contribution in [3.05, 3.63) is 63.6 Å². The maximum absolute atomic E-state index is 6.26. The number of rotatable bonds is 4. The maximum atomic E-state index is 6.26. The predicted octanol–water partition coefficient (Wildman–Crippen LogP) is 4.28. The van der Waals surface area contributed by atoms with E-state index in [1.165, 1.54) is 11.1 Å². The van der Waals surface area contributed by atoms with Crippen LogP contribution >= 0.6 is 15.9 Å². The number of hydrogen-bond acceptors (Lipinski definition) is 2. The molecule has 0 heterocycles. The number of nitrogens with two attached hydrogens (primary N) is 1. The molecule has 2 aromatic carbocycles. The van der Waals surface area contributed by atoms with Crippen molar-refractivity contribution >= 4 is 15.9 Å². The SMILES string of the molecule is Cc1cc(C2(N)CC2)cc(Br)c1OCc1ccccc1. The lowest BCUT2D eigenvalue weighted by atomic mass is 10.0. The molecule has 0 aromatic heterocycles. The third-order valence-electron chi connectivity index (χ3n) is 3.82. The van der Waals surface area contributed by atoms with E-state index in [9.17, 15) is 0 Å². The van der Waals surface area contributed by atoms with Crippen molar-refractivity contribution in [1.82, 2.24) is 0 Å². The summed E-state index contributed by atoms with van der Waals surface area (Å²) in [5, 5.41) is 0. The van der Waals surface area contributed by atoms with Crippen LogP contribution in [0.1, 0.15) is 29.5 Å². The summed E-state index contributed by atoms with van der Waals surface area (Å²) in [6.07, 6.45) is 2.15. The molecule has 0 amide bonds. The van der Waals surface area contributed by atoms with Gasteiger partial charge in [-0.05, 0) is 58.5 Å². The molecule has 1 fully saturated rings. The molecule has 3 rings (SSSR count). The van der Waals surface area contributed by atoms with Gasteiger partial charge >= 0.3 is 0 Å². The van der Waals surface area contributed by atoms with Gasteiger partial charge in [0.2, 0.25) is 0 Å². The van der Waals surface area contributed by atoms with Gasteiger partial charge < -0.3 is 10.5 Å². The number of benzene rings is 2. The summed E-state index contributed by atoms with van der Waals surface area (Å²) >= 11 is 3.61. The Morgan fingerprint density at radius 2 is 1.90 bits per heavy atom. The van der Waals surface area contributed by atoms with Crippen molar-refractivity contribution in [2.45, 2.75) is 31.9 Å². The van der Waals surface area contributed by atoms with E-state index in [2.05, 4.69) is 47.1 Å². The van der Waals surface area contributed by atoms with Gasteiger partial charge in [0.25, 0.3) is 0 Å². The lowest BCUT2D eigenvalue weighted by molar-refractivity contribution is 0.302. The lowest BCUT2D eigenvalue weighted by Crippen LogP contribution is -2.18. The second-order valence-corrected chi connectivity index (χ2v) is 6.39. The number of hydrogen-bond donors (Lipinski definition) is 1. The topological polar surface area (TPSA) is 35.2 Å². The Balaban J connectivity index is 1.80. The van der Waals surface area contributed by atoms with E-state index in [1.807, 2.05) is 18.2 Å². The van der Waals surface area contributed by atoms with Crippen LogP contribution in [0.25, 0.3) is 0 Å². The molecule has 104 valence electrons. The summed E-state index contributed by atoms with van der Waals surface area (Å²) in [7, 11) is 0. The first kappa shape index (κ1) is 13.7. The fourth-order valence-electron chi connectivity index (χ4n) is 2.35. The van der Waals surface area contributed by atoms with Gasteiger partial charge in [0.15, 0.2) is 0 Å². The molecule has 1 saturated carbocycles. The van der Waals surface area contributed by atoms with E-state index in [0.717, 1.165) is 28.6 Å². The van der Waals surface area contributed by atoms with Gasteiger partial charge in [-0.1, -0.05) is 36.4 Å². The van der Waals surface area contributed by atoms with Gasteiger partial charge in [-0.25, -0.2) is 0 Å². The smallest absolute Gasteiger partial charge is 0.136 e. The van der Waals surface area contributed by atoms with E-state index < -0.39 is 0 Å². The van der Waals surface area contributed by atoms with Crippen LogP contribution in [0.5, 0.6) is 5.75 Å². The second-order valence-electron chi connectivity index (χ2n) is 5.53. The van der Waals surface area contributed by atoms with Crippen molar-refractivity contribution in [3.8, 4) is 5.75 Å². The van der Waals surface area contributed by atoms with Crippen molar-refractivity contribution in [2.24, 2.45) is 5.73 Å². The first-order chi connectivity index (χ1) is 9.58. The van der Waals surface area contributed by atoms with Gasteiger partial charge in [-0.2, -0.15) is 0 Å². The van der Waals surface area contributed by atoms with Crippen molar-refractivity contribution in [1.29, 1.82) is 0 Å². The number of aryl methyl sites for hydroxylation is 1. The van der Waals surface area contributed by atoms with Crippen LogP contribution in [0.4, 0.5) is 0 Å². The Kier molecular flexibility index (Phi) is 3.57. The standard InChI is InChI=1S/C17H18BrNO/c1-12-9-14(17(19)7-8-17)10-15(18)16(12)20-11-13-5-3-2-4-6-13/h2-6,9-10H,7-8,11,19H2,1H3. The van der Waals surface area contributed by atoms with Gasteiger partial charge in [0.1, 0.15) is 12.4 Å². The van der Waals surface area contributed by atoms with Gasteiger partial charge in [0.05, 0.1) is 4.47 Å². The van der Waals surface area contributed by atoms with E-state index in [-0.39, 0.29) is 5.54 Å². The molecule has 0 unspecified atom stereocenters. The molecule has 1 aliphatic rings. The van der Waals surface area contributed by atoms with E-state index in [0.29, 0.717) is 6.61 Å². The molecule has 0 radical (unpaired) electrons. The highest BCUT2D eigenvalue weighted by molar-refractivity contribution is 9.10. The fraction of sp³-hybridized carbons (Fsp3) is 0.294. The minimum Gasteiger partial charge on any atom is -0.487 e. The Morgan fingerprint density at radius 3 is 2.50 bits per heavy atom. The highest BCUT2D eigenvalue weighted by Crippen LogP contribution is 2.45. The zero-order valence-corrected chi connectivity index (χ0v) is 13.1. The average Bonchev–Trinajstić information content (AvgIpc) is 3.18. The highest BCUT2D eigenvalue weighted by atomic mass is 79.9. The number of halogens is 1. The Labute approximate surface area is 128 Å². The van der Waals surface area contributed by atoms with Crippen LogP contribution in [0.2, 0.25) is 0 Å². The minimum atomic E-state index is -0.106. The first-order valence-corrected chi connectivity index (χ1v) is 7.64. The summed E-state index contributed by atoms with van der Waals surface area (Å²) in [4.78, 5) is 0. The van der Waals surface area contributed by atoms with Crippen LogP contribution < -0.4 is 10.5 Å². The van der Waals surface area contributed by atoms with Crippen LogP contribution in [0, 0.1) is 6.92 Å². The first-order valence-electron chi connectivity index (χ1n) is 6.85. The summed E-state index contributed by atoms with van der Waals surface area (Å²) in [5.41, 5.74) is 9.65. The summed E-state index contributed by atoms with van der Waals surface area (Å²) < 4.78 is 6.94. The predicted molar refractivity (Wildman–Crippen MR) is 84.8 cm³/mol. The molecule has 2 nitrogen and oxygen atoms in total. The normalized spacial score (nSPS) is 15.9. The minimum absolute atomic E-state index is 0.106. The fourth-order valence-corrected chi connectivity index (χ4v) is 3.03. The molecular formula is C17H18BrNO. The second kappa shape index (κ2) is 5.23. The highest BCUT2D eigenvalue weighted by Gasteiger charge is 2.40. The maximum Gasteiger partial charge on any atom is 0.136 e. The molecule has 0 aliphatic heterocycles. The summed E-state index contributed by atoms with van der Waals surface area (Å²) in [5.74, 6) is 0.904. The van der Waals surface area contributed by atoms with E-state index in [4.69, 9.17) is 10.5 Å². The van der Waals surface area contributed by atoms with Crippen molar-refractivity contribution in [3.63, 3.8) is 0 Å². The van der Waals surface area contributed by atoms with Gasteiger partial charge in [0, 0.05) is 5.54 Å². The zero-order valence-electron chi connectivity index (χ0n) is 11.5. The Bertz CT molecular complexity index is 597.